The Kier molecular flexibility index (Phi) is 7.98. The number of hydrogen-bond acceptors (Lipinski definition) is 2. The molecule has 14 rings (SSSR count). The van der Waals surface area contributed by atoms with Gasteiger partial charge in [-0.3, -0.25) is 4.98 Å². The van der Waals surface area contributed by atoms with Crippen molar-refractivity contribution in [3.05, 3.63) is 225 Å². The van der Waals surface area contributed by atoms with E-state index in [1.807, 2.05) is 6.20 Å². The van der Waals surface area contributed by atoms with Crippen molar-refractivity contribution in [2.24, 2.45) is 0 Å². The summed E-state index contributed by atoms with van der Waals surface area (Å²) in [6.45, 7) is 0.728. The fraction of sp³-hybridized carbons (Fsp3) is 0.0164. The van der Waals surface area contributed by atoms with Gasteiger partial charge in [-0.1, -0.05) is 127 Å². The SMILES string of the molecule is C1=[N+](c2ccccc2)c2cc3c(cc2N(c2ccccc2)C1)-c1ncccc1-c1ccc(-n2c4ccccc4c4cc(-n5c6ccccc6c6ccccc65)ccc42)cc1-c1ccccc1-3. The lowest BCUT2D eigenvalue weighted by molar-refractivity contribution is 1.000. The van der Waals surface area contributed by atoms with Gasteiger partial charge in [0.15, 0.2) is 6.21 Å². The zero-order valence-corrected chi connectivity index (χ0v) is 35.9. The fourth-order valence-corrected chi connectivity index (χ4v) is 10.9. The van der Waals surface area contributed by atoms with Gasteiger partial charge in [-0.2, -0.15) is 4.58 Å². The van der Waals surface area contributed by atoms with E-state index >= 15 is 0 Å². The first kappa shape index (κ1) is 36.7. The van der Waals surface area contributed by atoms with E-state index in [2.05, 4.69) is 243 Å². The Morgan fingerprint density at radius 1 is 0.364 bits per heavy atom. The van der Waals surface area contributed by atoms with Crippen LogP contribution in [0.2, 0.25) is 0 Å². The second-order valence-corrected chi connectivity index (χ2v) is 17.3. The van der Waals surface area contributed by atoms with Crippen LogP contribution in [0.3, 0.4) is 0 Å². The molecule has 1 aliphatic heterocycles. The van der Waals surface area contributed by atoms with E-state index < -0.39 is 0 Å². The lowest BCUT2D eigenvalue weighted by Crippen LogP contribution is -2.29. The minimum atomic E-state index is 0.728. The molecule has 5 heteroatoms. The first-order chi connectivity index (χ1) is 32.8. The van der Waals surface area contributed by atoms with E-state index in [1.165, 1.54) is 60.3 Å². The van der Waals surface area contributed by atoms with Crippen molar-refractivity contribution < 1.29 is 0 Å². The topological polar surface area (TPSA) is 29.0 Å². The maximum atomic E-state index is 5.23. The Hall–Kier alpha value is -8.80. The number of benzene rings is 9. The predicted molar refractivity (Wildman–Crippen MR) is 276 cm³/mol. The van der Waals surface area contributed by atoms with E-state index in [-0.39, 0.29) is 0 Å². The minimum absolute atomic E-state index is 0.728. The molecule has 0 amide bonds. The maximum absolute atomic E-state index is 5.23. The number of aromatic nitrogens is 3. The van der Waals surface area contributed by atoms with Crippen LogP contribution in [-0.2, 0) is 0 Å². The standard InChI is InChI=1S/C61H40N5/c1-3-16-40(17-4-1)63-34-35-64(41-18-5-2-6-19-41)60-39-54-52(38-59(60)63)45-21-8-7-20-44(45)51-36-42(29-31-46(51)50-25-15-33-62-61(50)54)66-57-28-14-11-24-49(57)53-37-43(30-32-58(53)66)65-55-26-12-9-22-47(55)48-23-10-13-27-56(48)65/h1-34,36-39H,35H2/q+1. The predicted octanol–water partition coefficient (Wildman–Crippen LogP) is 15.3. The van der Waals surface area contributed by atoms with Crippen LogP contribution in [0.15, 0.2) is 225 Å². The molecule has 0 spiro atoms. The maximum Gasteiger partial charge on any atom is 0.235 e. The van der Waals surface area contributed by atoms with Gasteiger partial charge in [0, 0.05) is 74.1 Å². The number of hydrogen-bond donors (Lipinski definition) is 0. The molecular formula is C61H40N5+. The quantitative estimate of drug-likeness (QED) is 0.165. The minimum Gasteiger partial charge on any atom is -0.326 e. The van der Waals surface area contributed by atoms with E-state index in [4.69, 9.17) is 4.98 Å². The zero-order chi connectivity index (χ0) is 43.3. The highest BCUT2D eigenvalue weighted by atomic mass is 15.2. The number of pyridine rings is 1. The van der Waals surface area contributed by atoms with Crippen LogP contribution in [0.5, 0.6) is 0 Å². The van der Waals surface area contributed by atoms with Gasteiger partial charge in [-0.15, -0.1) is 0 Å². The number of anilines is 2. The second-order valence-electron chi connectivity index (χ2n) is 17.3. The second kappa shape index (κ2) is 14.4. The van der Waals surface area contributed by atoms with Gasteiger partial charge in [-0.25, -0.2) is 0 Å². The van der Waals surface area contributed by atoms with E-state index in [9.17, 15) is 0 Å². The third-order valence-corrected chi connectivity index (χ3v) is 13.8. The molecule has 0 saturated carbocycles. The van der Waals surface area contributed by atoms with Gasteiger partial charge in [0.25, 0.3) is 0 Å². The van der Waals surface area contributed by atoms with Crippen LogP contribution in [0.1, 0.15) is 0 Å². The third-order valence-electron chi connectivity index (χ3n) is 13.8. The Labute approximate surface area is 381 Å². The molecule has 308 valence electrons. The van der Waals surface area contributed by atoms with Gasteiger partial charge >= 0.3 is 0 Å². The highest BCUT2D eigenvalue weighted by Crippen LogP contribution is 2.52. The molecular weight excluding hydrogens is 803 g/mol. The summed E-state index contributed by atoms with van der Waals surface area (Å²) in [5, 5.41) is 4.96. The summed E-state index contributed by atoms with van der Waals surface area (Å²) in [5.74, 6) is 0. The van der Waals surface area contributed by atoms with Crippen molar-refractivity contribution in [3.63, 3.8) is 0 Å². The lowest BCUT2D eigenvalue weighted by atomic mass is 9.82. The first-order valence-corrected chi connectivity index (χ1v) is 22.7. The molecule has 66 heavy (non-hydrogen) atoms. The largest absolute Gasteiger partial charge is 0.326 e. The van der Waals surface area contributed by atoms with Crippen molar-refractivity contribution in [2.45, 2.75) is 0 Å². The lowest BCUT2D eigenvalue weighted by Gasteiger charge is -2.29. The molecule has 9 aromatic carbocycles. The number of rotatable bonds is 4. The summed E-state index contributed by atoms with van der Waals surface area (Å²) < 4.78 is 7.22. The average Bonchev–Trinajstić information content (AvgIpc) is 3.90. The molecule has 0 saturated heterocycles. The van der Waals surface area contributed by atoms with Gasteiger partial charge in [0.1, 0.15) is 12.2 Å². The van der Waals surface area contributed by atoms with Gasteiger partial charge in [0.2, 0.25) is 11.4 Å². The normalized spacial score (nSPS) is 12.8. The highest BCUT2D eigenvalue weighted by molar-refractivity contribution is 6.13. The monoisotopic (exact) mass is 842 g/mol. The number of fused-ring (bicyclic) bond motifs is 15. The van der Waals surface area contributed by atoms with Crippen LogP contribution >= 0.6 is 0 Å². The smallest absolute Gasteiger partial charge is 0.235 e. The molecule has 0 radical (unpaired) electrons. The van der Waals surface area contributed by atoms with Crippen molar-refractivity contribution in [1.82, 2.24) is 18.7 Å². The zero-order valence-electron chi connectivity index (χ0n) is 35.9. The van der Waals surface area contributed by atoms with Gasteiger partial charge in [0.05, 0.1) is 27.8 Å². The van der Waals surface area contributed by atoms with Gasteiger partial charge < -0.3 is 14.0 Å². The van der Waals surface area contributed by atoms with Crippen LogP contribution < -0.4 is 9.48 Å². The van der Waals surface area contributed by atoms with Gasteiger partial charge in [-0.05, 0) is 101 Å². The molecule has 0 atom stereocenters. The van der Waals surface area contributed by atoms with E-state index in [0.29, 0.717) is 0 Å². The summed E-state index contributed by atoms with van der Waals surface area (Å²) in [4.78, 5) is 7.65. The third kappa shape index (κ3) is 5.41. The summed E-state index contributed by atoms with van der Waals surface area (Å²) in [5.41, 5.74) is 20.6. The molecule has 2 aliphatic rings. The molecule has 0 fully saturated rings. The van der Waals surface area contributed by atoms with E-state index in [1.54, 1.807) is 0 Å². The van der Waals surface area contributed by atoms with Crippen LogP contribution in [0, 0.1) is 0 Å². The van der Waals surface area contributed by atoms with Crippen LogP contribution in [0.25, 0.3) is 99.6 Å². The van der Waals surface area contributed by atoms with Crippen molar-refractivity contribution in [3.8, 4) is 56.0 Å². The molecule has 3 aromatic heterocycles. The summed E-state index contributed by atoms with van der Waals surface area (Å²) in [7, 11) is 0. The van der Waals surface area contributed by atoms with Crippen LogP contribution in [0.4, 0.5) is 22.7 Å². The summed E-state index contributed by atoms with van der Waals surface area (Å²) >= 11 is 0. The van der Waals surface area contributed by atoms with Crippen molar-refractivity contribution in [1.29, 1.82) is 0 Å². The number of nitrogens with zero attached hydrogens (tertiary/aromatic N) is 5. The summed E-state index contributed by atoms with van der Waals surface area (Å²) in [6, 6.07) is 79.8. The van der Waals surface area contributed by atoms with E-state index in [0.717, 1.165) is 68.6 Å². The Morgan fingerprint density at radius 3 is 1.59 bits per heavy atom. The van der Waals surface area contributed by atoms with Crippen LogP contribution in [-0.4, -0.2) is 26.9 Å². The fourth-order valence-electron chi connectivity index (χ4n) is 10.9. The van der Waals surface area contributed by atoms with Crippen molar-refractivity contribution >= 4 is 72.6 Å². The first-order valence-electron chi connectivity index (χ1n) is 22.7. The molecule has 5 nitrogen and oxygen atoms in total. The van der Waals surface area contributed by atoms with Crippen molar-refractivity contribution in [2.75, 3.05) is 11.4 Å². The number of para-hydroxylation sites is 5. The molecule has 0 N–H and O–H groups in total. The Morgan fingerprint density at radius 2 is 0.894 bits per heavy atom. The molecule has 4 heterocycles. The molecule has 12 aromatic rings. The molecule has 0 bridgehead atoms. The molecule has 1 aliphatic carbocycles. The summed E-state index contributed by atoms with van der Waals surface area (Å²) in [6.07, 6.45) is 4.24. The Bertz CT molecular complexity index is 3920. The Balaban J connectivity index is 0.990. The highest BCUT2D eigenvalue weighted by Gasteiger charge is 2.33. The molecule has 0 unspecified atom stereocenters. The average molecular weight is 843 g/mol.